The summed E-state index contributed by atoms with van der Waals surface area (Å²) < 4.78 is 25.8. The molecule has 10 heteroatoms. The van der Waals surface area contributed by atoms with Gasteiger partial charge in [0.05, 0.1) is 17.9 Å². The van der Waals surface area contributed by atoms with Gasteiger partial charge in [0.15, 0.2) is 6.61 Å². The number of likely N-dealkylation sites (tertiary alicyclic amines) is 1. The standard InChI is InChI=1S/C25H26ClFN4O4/c1-13(28)24(14(2)29-3)18-6-16(26)4-5-21(18)34-11-15-9-31(10-15)25(33)17-7-20-22(8-19(17)27)35-12-23(32)30-20/h4-8,15H,9-12,28H2,1-3H3,(H,30,32). The fraction of sp³-hybridized carbons (Fsp3) is 0.320. The van der Waals surface area contributed by atoms with E-state index in [0.717, 1.165) is 22.9 Å². The van der Waals surface area contributed by atoms with Crippen molar-refractivity contribution in [1.29, 1.82) is 0 Å². The van der Waals surface area contributed by atoms with Crippen LogP contribution in [0.4, 0.5) is 10.1 Å². The maximum absolute atomic E-state index is 14.5. The van der Waals surface area contributed by atoms with E-state index in [9.17, 15) is 14.0 Å². The summed E-state index contributed by atoms with van der Waals surface area (Å²) in [6, 6.07) is 7.74. The van der Waals surface area contributed by atoms with E-state index in [2.05, 4.69) is 10.3 Å². The molecule has 0 radical (unpaired) electrons. The van der Waals surface area contributed by atoms with Crippen LogP contribution < -0.4 is 20.5 Å². The number of rotatable bonds is 6. The Morgan fingerprint density at radius 3 is 2.71 bits per heavy atom. The van der Waals surface area contributed by atoms with Crippen LogP contribution in [0.3, 0.4) is 0 Å². The molecule has 2 aliphatic heterocycles. The number of nitrogens with one attached hydrogen (secondary N) is 1. The Kier molecular flexibility index (Phi) is 6.98. The van der Waals surface area contributed by atoms with Gasteiger partial charge >= 0.3 is 0 Å². The summed E-state index contributed by atoms with van der Waals surface area (Å²) in [5.74, 6) is -0.616. The summed E-state index contributed by atoms with van der Waals surface area (Å²) in [4.78, 5) is 30.2. The molecule has 8 nitrogen and oxygen atoms in total. The summed E-state index contributed by atoms with van der Waals surface area (Å²) in [5, 5.41) is 3.14. The second-order valence-corrected chi connectivity index (χ2v) is 9.00. The highest BCUT2D eigenvalue weighted by molar-refractivity contribution is 6.31. The number of anilines is 1. The number of fused-ring (bicyclic) bond motifs is 1. The maximum Gasteiger partial charge on any atom is 0.262 e. The molecule has 2 heterocycles. The topological polar surface area (TPSA) is 106 Å². The number of nitrogens with zero attached hydrogens (tertiary/aromatic N) is 2. The fourth-order valence-electron chi connectivity index (χ4n) is 4.11. The SMILES string of the molecule is CN=C(C)C(=C(C)N)c1cc(Cl)ccc1OCC1CN(C(=O)c2cc3c(cc2F)OCC(=O)N3)C1. The molecule has 4 rings (SSSR count). The van der Waals surface area contributed by atoms with Gasteiger partial charge in [-0.3, -0.25) is 14.6 Å². The summed E-state index contributed by atoms with van der Waals surface area (Å²) in [5.41, 5.74) is 9.14. The van der Waals surface area contributed by atoms with Crippen LogP contribution in [-0.2, 0) is 4.79 Å². The van der Waals surface area contributed by atoms with Crippen LogP contribution in [0.15, 0.2) is 41.0 Å². The lowest BCUT2D eigenvalue weighted by Crippen LogP contribution is -2.52. The van der Waals surface area contributed by atoms with E-state index in [1.54, 1.807) is 32.2 Å². The minimum Gasteiger partial charge on any atom is -0.493 e. The van der Waals surface area contributed by atoms with Crippen molar-refractivity contribution in [2.45, 2.75) is 13.8 Å². The van der Waals surface area contributed by atoms with Crippen molar-refractivity contribution in [3.8, 4) is 11.5 Å². The second-order valence-electron chi connectivity index (χ2n) is 8.56. The molecule has 0 spiro atoms. The molecule has 0 atom stereocenters. The van der Waals surface area contributed by atoms with Crippen LogP contribution in [0.1, 0.15) is 29.8 Å². The molecule has 2 aromatic carbocycles. The number of hydrogen-bond donors (Lipinski definition) is 2. The van der Waals surface area contributed by atoms with Crippen molar-refractivity contribution in [3.63, 3.8) is 0 Å². The largest absolute Gasteiger partial charge is 0.493 e. The van der Waals surface area contributed by atoms with Crippen LogP contribution in [0, 0.1) is 11.7 Å². The number of ether oxygens (including phenoxy) is 2. The molecule has 3 N–H and O–H groups in total. The van der Waals surface area contributed by atoms with Crippen molar-refractivity contribution in [1.82, 2.24) is 4.90 Å². The molecule has 2 aliphatic rings. The van der Waals surface area contributed by atoms with Gasteiger partial charge in [-0.1, -0.05) is 11.6 Å². The van der Waals surface area contributed by atoms with E-state index < -0.39 is 11.7 Å². The van der Waals surface area contributed by atoms with Gasteiger partial charge in [0.2, 0.25) is 0 Å². The molecule has 1 saturated heterocycles. The van der Waals surface area contributed by atoms with E-state index in [-0.39, 0.29) is 35.4 Å². The minimum atomic E-state index is -0.695. The predicted molar refractivity (Wildman–Crippen MR) is 133 cm³/mol. The first-order chi connectivity index (χ1) is 16.7. The Balaban J connectivity index is 1.42. The van der Waals surface area contributed by atoms with Gasteiger partial charge in [0.25, 0.3) is 11.8 Å². The number of hydrogen-bond acceptors (Lipinski definition) is 6. The van der Waals surface area contributed by atoms with Crippen molar-refractivity contribution in [2.75, 3.05) is 38.7 Å². The summed E-state index contributed by atoms with van der Waals surface area (Å²) >= 11 is 6.23. The second kappa shape index (κ2) is 9.95. The lowest BCUT2D eigenvalue weighted by molar-refractivity contribution is -0.118. The molecular weight excluding hydrogens is 475 g/mol. The predicted octanol–water partition coefficient (Wildman–Crippen LogP) is 3.74. The third-order valence-corrected chi connectivity index (χ3v) is 6.19. The highest BCUT2D eigenvalue weighted by Crippen LogP contribution is 2.34. The van der Waals surface area contributed by atoms with Crippen molar-refractivity contribution in [3.05, 3.63) is 58.0 Å². The van der Waals surface area contributed by atoms with E-state index in [1.807, 2.05) is 6.92 Å². The minimum absolute atomic E-state index is 0.0681. The van der Waals surface area contributed by atoms with Crippen LogP contribution in [0.5, 0.6) is 11.5 Å². The van der Waals surface area contributed by atoms with E-state index >= 15 is 0 Å². The zero-order valence-electron chi connectivity index (χ0n) is 19.7. The van der Waals surface area contributed by atoms with Crippen molar-refractivity contribution in [2.24, 2.45) is 16.6 Å². The average molecular weight is 501 g/mol. The van der Waals surface area contributed by atoms with E-state index in [0.29, 0.717) is 36.2 Å². The number of carbonyl (C=O) groups is 2. The Bertz CT molecular complexity index is 1250. The molecule has 184 valence electrons. The zero-order valence-corrected chi connectivity index (χ0v) is 20.4. The molecule has 0 aromatic heterocycles. The smallest absolute Gasteiger partial charge is 0.262 e. The average Bonchev–Trinajstić information content (AvgIpc) is 2.78. The third-order valence-electron chi connectivity index (χ3n) is 5.95. The molecule has 0 saturated carbocycles. The van der Waals surface area contributed by atoms with Crippen molar-refractivity contribution >= 4 is 40.4 Å². The molecule has 2 amide bonds. The number of allylic oxidation sites excluding steroid dienone is 2. The molecule has 0 unspecified atom stereocenters. The Hall–Kier alpha value is -3.59. The monoisotopic (exact) mass is 500 g/mol. The number of carbonyl (C=O) groups excluding carboxylic acids is 2. The summed E-state index contributed by atoms with van der Waals surface area (Å²) in [7, 11) is 1.69. The van der Waals surface area contributed by atoms with Gasteiger partial charge in [-0.2, -0.15) is 0 Å². The Labute approximate surface area is 207 Å². The molecule has 0 aliphatic carbocycles. The van der Waals surface area contributed by atoms with Gasteiger partial charge in [-0.25, -0.2) is 4.39 Å². The van der Waals surface area contributed by atoms with Crippen molar-refractivity contribution < 1.29 is 23.5 Å². The van der Waals surface area contributed by atoms with E-state index in [1.165, 1.54) is 11.0 Å². The lowest BCUT2D eigenvalue weighted by atomic mass is 9.98. The van der Waals surface area contributed by atoms with Crippen LogP contribution in [-0.4, -0.2) is 55.8 Å². The van der Waals surface area contributed by atoms with Crippen LogP contribution in [0.25, 0.3) is 5.57 Å². The quantitative estimate of drug-likeness (QED) is 0.588. The zero-order chi connectivity index (χ0) is 25.3. The number of nitrogens with two attached hydrogens (primary N) is 1. The van der Waals surface area contributed by atoms with E-state index in [4.69, 9.17) is 26.8 Å². The van der Waals surface area contributed by atoms with Gasteiger partial charge in [-0.05, 0) is 38.1 Å². The molecule has 2 aromatic rings. The normalized spacial score (nSPS) is 16.5. The highest BCUT2D eigenvalue weighted by atomic mass is 35.5. The van der Waals surface area contributed by atoms with Gasteiger partial charge in [-0.15, -0.1) is 0 Å². The number of aliphatic imine (C=N–C) groups is 1. The number of halogens is 2. The Morgan fingerprint density at radius 1 is 1.29 bits per heavy atom. The summed E-state index contributed by atoms with van der Waals surface area (Å²) in [6.07, 6.45) is 0. The van der Waals surface area contributed by atoms with Crippen LogP contribution >= 0.6 is 11.6 Å². The lowest BCUT2D eigenvalue weighted by Gasteiger charge is -2.39. The molecule has 0 bridgehead atoms. The fourth-order valence-corrected chi connectivity index (χ4v) is 4.28. The first-order valence-corrected chi connectivity index (χ1v) is 11.4. The molecular formula is C25H26ClFN4O4. The van der Waals surface area contributed by atoms with Gasteiger partial charge in [0.1, 0.15) is 17.3 Å². The molecule has 1 fully saturated rings. The highest BCUT2D eigenvalue weighted by Gasteiger charge is 2.34. The maximum atomic E-state index is 14.5. The number of amides is 2. The first kappa shape index (κ1) is 24.5. The van der Waals surface area contributed by atoms with Gasteiger partial charge in [0, 0.05) is 59.7 Å². The molecule has 35 heavy (non-hydrogen) atoms. The van der Waals surface area contributed by atoms with Crippen LogP contribution in [0.2, 0.25) is 5.02 Å². The summed E-state index contributed by atoms with van der Waals surface area (Å²) in [6.45, 7) is 4.65. The first-order valence-electron chi connectivity index (χ1n) is 11.1. The third kappa shape index (κ3) is 5.09. The number of benzene rings is 2. The van der Waals surface area contributed by atoms with Gasteiger partial charge < -0.3 is 25.4 Å². The Morgan fingerprint density at radius 2 is 2.03 bits per heavy atom.